The Balaban J connectivity index is 2.21. The maximum absolute atomic E-state index is 6.10. The third kappa shape index (κ3) is 2.23. The third-order valence-electron chi connectivity index (χ3n) is 3.52. The highest BCUT2D eigenvalue weighted by Crippen LogP contribution is 2.40. The van der Waals surface area contributed by atoms with Gasteiger partial charge in [0, 0.05) is 18.0 Å². The molecule has 0 saturated carbocycles. The first kappa shape index (κ1) is 13.6. The first-order valence-electron chi connectivity index (χ1n) is 6.69. The molecule has 0 radical (unpaired) electrons. The Labute approximate surface area is 127 Å². The normalized spacial score (nSPS) is 13.4. The molecule has 0 amide bonds. The molecule has 0 aliphatic heterocycles. The summed E-state index contributed by atoms with van der Waals surface area (Å²) < 4.78 is 0. The fourth-order valence-electron chi connectivity index (χ4n) is 2.74. The van der Waals surface area contributed by atoms with Gasteiger partial charge < -0.3 is 4.90 Å². The molecule has 3 rings (SSSR count). The van der Waals surface area contributed by atoms with E-state index in [1.807, 2.05) is 12.2 Å². The van der Waals surface area contributed by atoms with Gasteiger partial charge in [-0.1, -0.05) is 12.2 Å². The van der Waals surface area contributed by atoms with Crippen molar-refractivity contribution in [3.63, 3.8) is 0 Å². The number of aromatic nitrogens is 2. The number of rotatable bonds is 5. The number of hydrogen-bond donors (Lipinski definition) is 0. The molecule has 3 nitrogen and oxygen atoms in total. The van der Waals surface area contributed by atoms with Crippen LogP contribution in [-0.2, 0) is 12.8 Å². The van der Waals surface area contributed by atoms with E-state index in [4.69, 9.17) is 11.6 Å². The van der Waals surface area contributed by atoms with E-state index in [1.54, 1.807) is 11.3 Å². The van der Waals surface area contributed by atoms with Crippen molar-refractivity contribution in [2.24, 2.45) is 0 Å². The molecule has 0 N–H and O–H groups in total. The van der Waals surface area contributed by atoms with Gasteiger partial charge >= 0.3 is 0 Å². The van der Waals surface area contributed by atoms with Gasteiger partial charge in [0.1, 0.15) is 10.6 Å². The molecule has 2 aromatic heterocycles. The number of thiophene rings is 1. The van der Waals surface area contributed by atoms with Gasteiger partial charge in [-0.3, -0.25) is 0 Å². The molecule has 0 atom stereocenters. The average molecular weight is 306 g/mol. The Bertz CT molecular complexity index is 667. The Morgan fingerprint density at radius 2 is 1.95 bits per heavy atom. The van der Waals surface area contributed by atoms with Crippen LogP contribution in [-0.4, -0.2) is 23.1 Å². The van der Waals surface area contributed by atoms with Gasteiger partial charge in [-0.2, -0.15) is 4.98 Å². The minimum absolute atomic E-state index is 0.311. The van der Waals surface area contributed by atoms with Gasteiger partial charge in [0.05, 0.1) is 5.39 Å². The predicted octanol–water partition coefficient (Wildman–Crippen LogP) is 4.01. The number of aryl methyl sites for hydroxylation is 2. The number of hydrogen-bond acceptors (Lipinski definition) is 4. The smallest absolute Gasteiger partial charge is 0.225 e. The van der Waals surface area contributed by atoms with Gasteiger partial charge in [0.15, 0.2) is 0 Å². The summed E-state index contributed by atoms with van der Waals surface area (Å²) in [7, 11) is 0. The van der Waals surface area contributed by atoms with Crippen LogP contribution in [0.15, 0.2) is 25.3 Å². The highest BCUT2D eigenvalue weighted by atomic mass is 35.5. The van der Waals surface area contributed by atoms with Gasteiger partial charge in [-0.25, -0.2) is 4.98 Å². The van der Waals surface area contributed by atoms with Crippen LogP contribution >= 0.6 is 22.9 Å². The molecule has 104 valence electrons. The highest BCUT2D eigenvalue weighted by Gasteiger charge is 2.23. The molecule has 5 heteroatoms. The Kier molecular flexibility index (Phi) is 3.76. The monoisotopic (exact) mass is 305 g/mol. The molecule has 0 fully saturated rings. The van der Waals surface area contributed by atoms with Crippen molar-refractivity contribution in [3.8, 4) is 0 Å². The molecule has 2 aromatic rings. The molecule has 1 aliphatic carbocycles. The maximum Gasteiger partial charge on any atom is 0.225 e. The van der Waals surface area contributed by atoms with Crippen LogP contribution in [0.3, 0.4) is 0 Å². The first-order chi connectivity index (χ1) is 9.74. The predicted molar refractivity (Wildman–Crippen MR) is 87.1 cm³/mol. The summed E-state index contributed by atoms with van der Waals surface area (Å²) in [5, 5.41) is 1.49. The Morgan fingerprint density at radius 1 is 1.20 bits per heavy atom. The van der Waals surface area contributed by atoms with Gasteiger partial charge in [0.2, 0.25) is 5.28 Å². The molecule has 0 unspecified atom stereocenters. The lowest BCUT2D eigenvalue weighted by Gasteiger charge is -2.21. The second-order valence-corrected chi connectivity index (χ2v) is 6.26. The lowest BCUT2D eigenvalue weighted by Crippen LogP contribution is -2.24. The van der Waals surface area contributed by atoms with Crippen molar-refractivity contribution in [1.29, 1.82) is 0 Å². The van der Waals surface area contributed by atoms with E-state index in [1.165, 1.54) is 22.2 Å². The standard InChI is InChI=1S/C15H16ClN3S/c1-3-8-19(9-4-2)13-12-10-6-5-7-11(10)20-14(12)18-15(16)17-13/h3-4H,1-2,5-9H2. The quantitative estimate of drug-likeness (QED) is 0.617. The van der Waals surface area contributed by atoms with Crippen molar-refractivity contribution in [3.05, 3.63) is 41.0 Å². The molecular formula is C15H16ClN3S. The summed E-state index contributed by atoms with van der Waals surface area (Å²) in [6.07, 6.45) is 7.23. The summed E-state index contributed by atoms with van der Waals surface area (Å²) in [6.45, 7) is 9.08. The zero-order valence-electron chi connectivity index (χ0n) is 11.2. The van der Waals surface area contributed by atoms with E-state index in [0.29, 0.717) is 5.28 Å². The van der Waals surface area contributed by atoms with E-state index in [2.05, 4.69) is 28.0 Å². The number of anilines is 1. The highest BCUT2D eigenvalue weighted by molar-refractivity contribution is 7.19. The van der Waals surface area contributed by atoms with Crippen LogP contribution in [0, 0.1) is 0 Å². The lowest BCUT2D eigenvalue weighted by atomic mass is 10.2. The van der Waals surface area contributed by atoms with Crippen LogP contribution in [0.1, 0.15) is 16.9 Å². The number of fused-ring (bicyclic) bond motifs is 3. The van der Waals surface area contributed by atoms with E-state index in [0.717, 1.165) is 36.6 Å². The van der Waals surface area contributed by atoms with E-state index in [-0.39, 0.29) is 0 Å². The molecule has 0 aromatic carbocycles. The van der Waals surface area contributed by atoms with Crippen LogP contribution in [0.5, 0.6) is 0 Å². The summed E-state index contributed by atoms with van der Waals surface area (Å²) in [4.78, 5) is 13.5. The van der Waals surface area contributed by atoms with Crippen LogP contribution in [0.2, 0.25) is 5.28 Å². The topological polar surface area (TPSA) is 29.0 Å². The molecule has 1 aliphatic rings. The SMILES string of the molecule is C=CCN(CC=C)c1nc(Cl)nc2sc3c(c12)CCC3. The zero-order valence-corrected chi connectivity index (χ0v) is 12.8. The van der Waals surface area contributed by atoms with Crippen molar-refractivity contribution in [2.75, 3.05) is 18.0 Å². The second-order valence-electron chi connectivity index (χ2n) is 4.84. The third-order valence-corrected chi connectivity index (χ3v) is 4.87. The Morgan fingerprint density at radius 3 is 2.65 bits per heavy atom. The molecule has 0 spiro atoms. The number of halogens is 1. The minimum atomic E-state index is 0.311. The van der Waals surface area contributed by atoms with Gasteiger partial charge in [-0.05, 0) is 36.4 Å². The van der Waals surface area contributed by atoms with Crippen LogP contribution < -0.4 is 4.90 Å². The summed E-state index contributed by atoms with van der Waals surface area (Å²) in [5.74, 6) is 0.916. The molecular weight excluding hydrogens is 290 g/mol. The molecule has 0 saturated heterocycles. The molecule has 20 heavy (non-hydrogen) atoms. The maximum atomic E-state index is 6.10. The van der Waals surface area contributed by atoms with Crippen molar-refractivity contribution >= 4 is 39.0 Å². The zero-order chi connectivity index (χ0) is 14.1. The van der Waals surface area contributed by atoms with E-state index < -0.39 is 0 Å². The summed E-state index contributed by atoms with van der Waals surface area (Å²) >= 11 is 7.85. The minimum Gasteiger partial charge on any atom is -0.348 e. The van der Waals surface area contributed by atoms with Crippen LogP contribution in [0.25, 0.3) is 10.2 Å². The second kappa shape index (κ2) is 5.54. The number of nitrogens with zero attached hydrogens (tertiary/aromatic N) is 3. The van der Waals surface area contributed by atoms with Gasteiger partial charge in [-0.15, -0.1) is 24.5 Å². The summed E-state index contributed by atoms with van der Waals surface area (Å²) in [5.41, 5.74) is 1.41. The molecule has 0 bridgehead atoms. The average Bonchev–Trinajstić information content (AvgIpc) is 2.97. The fourth-order valence-corrected chi connectivity index (χ4v) is 4.21. The van der Waals surface area contributed by atoms with E-state index in [9.17, 15) is 0 Å². The fraction of sp³-hybridized carbons (Fsp3) is 0.333. The van der Waals surface area contributed by atoms with Gasteiger partial charge in [0.25, 0.3) is 0 Å². The van der Waals surface area contributed by atoms with Crippen LogP contribution in [0.4, 0.5) is 5.82 Å². The lowest BCUT2D eigenvalue weighted by molar-refractivity contribution is 0.910. The van der Waals surface area contributed by atoms with E-state index >= 15 is 0 Å². The first-order valence-corrected chi connectivity index (χ1v) is 7.88. The molecule has 2 heterocycles. The van der Waals surface area contributed by atoms with Crippen molar-refractivity contribution in [2.45, 2.75) is 19.3 Å². The Hall–Kier alpha value is -1.39. The summed E-state index contributed by atoms with van der Waals surface area (Å²) in [6, 6.07) is 0. The van der Waals surface area contributed by atoms with Crippen molar-refractivity contribution in [1.82, 2.24) is 9.97 Å². The largest absolute Gasteiger partial charge is 0.348 e. The van der Waals surface area contributed by atoms with Crippen molar-refractivity contribution < 1.29 is 0 Å².